The van der Waals surface area contributed by atoms with Crippen LogP contribution in [0.25, 0.3) is 98.8 Å². The molecule has 4 heteroatoms. The zero-order chi connectivity index (χ0) is 36.6. The fraction of sp³-hybridized carbons (Fsp3) is 0. The van der Waals surface area contributed by atoms with Gasteiger partial charge in [-0.3, -0.25) is 0 Å². The maximum absolute atomic E-state index is 5.23. The highest BCUT2D eigenvalue weighted by atomic mass is 32.1. The van der Waals surface area contributed by atoms with Gasteiger partial charge in [-0.05, 0) is 80.9 Å². The summed E-state index contributed by atoms with van der Waals surface area (Å²) in [5, 5.41) is 2.46. The number of hydrogen-bond donors (Lipinski definition) is 0. The monoisotopic (exact) mass is 719 g/mol. The lowest BCUT2D eigenvalue weighted by atomic mass is 9.97. The van der Waals surface area contributed by atoms with Crippen molar-refractivity contribution in [2.45, 2.75) is 0 Å². The zero-order valence-corrected chi connectivity index (χ0v) is 30.6. The normalized spacial score (nSPS) is 11.3. The molecular formula is C51H33N3S. The molecule has 2 heterocycles. The van der Waals surface area contributed by atoms with Crippen LogP contribution in [-0.4, -0.2) is 15.0 Å². The summed E-state index contributed by atoms with van der Waals surface area (Å²) in [5.74, 6) is 1.93. The van der Waals surface area contributed by atoms with E-state index < -0.39 is 0 Å². The maximum Gasteiger partial charge on any atom is 0.165 e. The zero-order valence-electron chi connectivity index (χ0n) is 29.8. The van der Waals surface area contributed by atoms with Gasteiger partial charge in [0.2, 0.25) is 0 Å². The highest BCUT2D eigenvalue weighted by molar-refractivity contribution is 7.26. The quantitative estimate of drug-likeness (QED) is 0.165. The number of aromatic nitrogens is 3. The molecular weight excluding hydrogens is 687 g/mol. The van der Waals surface area contributed by atoms with Gasteiger partial charge in [0.15, 0.2) is 17.5 Å². The SMILES string of the molecule is c1ccc(-c2cccc(-c3cccc(-c4nc(-c5cccc(-c6cccc(-c7ccccc7)c6)c5)nc(-c5cccc6c5sc5ccccc56)n4)c3)c2)cc1. The Bertz CT molecular complexity index is 2840. The van der Waals surface area contributed by atoms with Gasteiger partial charge in [-0.15, -0.1) is 11.3 Å². The molecule has 0 spiro atoms. The smallest absolute Gasteiger partial charge is 0.165 e. The van der Waals surface area contributed by atoms with Gasteiger partial charge in [0.05, 0.1) is 0 Å². The minimum atomic E-state index is 0.635. The van der Waals surface area contributed by atoms with Gasteiger partial charge in [-0.1, -0.05) is 164 Å². The van der Waals surface area contributed by atoms with Crippen LogP contribution in [0, 0.1) is 0 Å². The van der Waals surface area contributed by atoms with Gasteiger partial charge in [0, 0.05) is 36.9 Å². The topological polar surface area (TPSA) is 38.7 Å². The van der Waals surface area contributed by atoms with E-state index in [0.29, 0.717) is 17.5 Å². The maximum atomic E-state index is 5.23. The second-order valence-electron chi connectivity index (χ2n) is 13.6. The summed E-state index contributed by atoms with van der Waals surface area (Å²) in [7, 11) is 0. The molecule has 0 aliphatic heterocycles. The minimum absolute atomic E-state index is 0.635. The first-order valence-electron chi connectivity index (χ1n) is 18.4. The Morgan fingerprint density at radius 3 is 1.16 bits per heavy atom. The van der Waals surface area contributed by atoms with Crippen molar-refractivity contribution in [2.75, 3.05) is 0 Å². The van der Waals surface area contributed by atoms with Crippen LogP contribution in [0.15, 0.2) is 200 Å². The van der Waals surface area contributed by atoms with Crippen molar-refractivity contribution in [1.29, 1.82) is 0 Å². The summed E-state index contributed by atoms with van der Waals surface area (Å²) < 4.78 is 2.42. The Labute approximate surface area is 323 Å². The number of nitrogens with zero attached hydrogens (tertiary/aromatic N) is 3. The molecule has 8 aromatic carbocycles. The lowest BCUT2D eigenvalue weighted by Gasteiger charge is -2.12. The van der Waals surface area contributed by atoms with E-state index in [0.717, 1.165) is 38.9 Å². The summed E-state index contributed by atoms with van der Waals surface area (Å²) in [6.45, 7) is 0. The highest BCUT2D eigenvalue weighted by Gasteiger charge is 2.17. The van der Waals surface area contributed by atoms with Crippen molar-refractivity contribution in [3.8, 4) is 78.7 Å². The summed E-state index contributed by atoms with van der Waals surface area (Å²) in [6, 6.07) is 70.5. The number of benzene rings is 8. The molecule has 258 valence electrons. The highest BCUT2D eigenvalue weighted by Crippen LogP contribution is 2.40. The predicted octanol–water partition coefficient (Wildman–Crippen LogP) is 13.9. The van der Waals surface area contributed by atoms with Crippen LogP contribution in [0.4, 0.5) is 0 Å². The molecule has 0 unspecified atom stereocenters. The summed E-state index contributed by atoms with van der Waals surface area (Å²) in [5.41, 5.74) is 12.1. The summed E-state index contributed by atoms with van der Waals surface area (Å²) in [6.07, 6.45) is 0. The van der Waals surface area contributed by atoms with E-state index in [1.54, 1.807) is 11.3 Å². The molecule has 2 aromatic heterocycles. The molecule has 0 fully saturated rings. The van der Waals surface area contributed by atoms with Gasteiger partial charge in [-0.25, -0.2) is 15.0 Å². The molecule has 0 amide bonds. The molecule has 3 nitrogen and oxygen atoms in total. The van der Waals surface area contributed by atoms with Crippen LogP contribution in [0.1, 0.15) is 0 Å². The molecule has 10 rings (SSSR count). The Morgan fingerprint density at radius 1 is 0.273 bits per heavy atom. The van der Waals surface area contributed by atoms with E-state index in [1.165, 1.54) is 42.4 Å². The molecule has 0 radical (unpaired) electrons. The van der Waals surface area contributed by atoms with Crippen molar-refractivity contribution < 1.29 is 0 Å². The first-order valence-corrected chi connectivity index (χ1v) is 19.2. The van der Waals surface area contributed by atoms with Crippen LogP contribution in [0.2, 0.25) is 0 Å². The van der Waals surface area contributed by atoms with Gasteiger partial charge in [0.25, 0.3) is 0 Å². The number of fused-ring (bicyclic) bond motifs is 3. The van der Waals surface area contributed by atoms with Crippen molar-refractivity contribution in [3.63, 3.8) is 0 Å². The first-order chi connectivity index (χ1) is 27.2. The lowest BCUT2D eigenvalue weighted by Crippen LogP contribution is -2.00. The van der Waals surface area contributed by atoms with Gasteiger partial charge >= 0.3 is 0 Å². The molecule has 0 atom stereocenters. The Balaban J connectivity index is 1.12. The van der Waals surface area contributed by atoms with Crippen molar-refractivity contribution in [3.05, 3.63) is 200 Å². The molecule has 0 N–H and O–H groups in total. The Kier molecular flexibility index (Phi) is 8.36. The largest absolute Gasteiger partial charge is 0.208 e. The second-order valence-corrected chi connectivity index (χ2v) is 14.7. The van der Waals surface area contributed by atoms with E-state index in [1.807, 2.05) is 0 Å². The summed E-state index contributed by atoms with van der Waals surface area (Å²) >= 11 is 1.78. The van der Waals surface area contributed by atoms with Crippen LogP contribution in [-0.2, 0) is 0 Å². The Morgan fingerprint density at radius 2 is 0.636 bits per heavy atom. The van der Waals surface area contributed by atoms with E-state index in [4.69, 9.17) is 15.0 Å². The third-order valence-corrected chi connectivity index (χ3v) is 11.3. The standard InChI is InChI=1S/C51H33N3S/c1-3-14-34(15-4-1)36-18-9-20-38(30-36)40-22-11-24-42(32-40)49-52-50(54-51(53-49)46-28-13-27-45-44-26-7-8-29-47(44)55-48(45)46)43-25-12-23-41(33-43)39-21-10-19-37(31-39)35-16-5-2-6-17-35/h1-33H. The van der Waals surface area contributed by atoms with Gasteiger partial charge in [-0.2, -0.15) is 0 Å². The van der Waals surface area contributed by atoms with E-state index in [9.17, 15) is 0 Å². The van der Waals surface area contributed by atoms with E-state index in [-0.39, 0.29) is 0 Å². The second kappa shape index (κ2) is 14.1. The molecule has 55 heavy (non-hydrogen) atoms. The van der Waals surface area contributed by atoms with Crippen LogP contribution >= 0.6 is 11.3 Å². The third-order valence-electron chi connectivity index (χ3n) is 10.1. The number of rotatable bonds is 7. The fourth-order valence-electron chi connectivity index (χ4n) is 7.37. The minimum Gasteiger partial charge on any atom is -0.208 e. The van der Waals surface area contributed by atoms with E-state index >= 15 is 0 Å². The third kappa shape index (κ3) is 6.39. The van der Waals surface area contributed by atoms with E-state index in [2.05, 4.69) is 200 Å². The van der Waals surface area contributed by atoms with Gasteiger partial charge < -0.3 is 0 Å². The fourth-order valence-corrected chi connectivity index (χ4v) is 8.58. The van der Waals surface area contributed by atoms with Crippen LogP contribution in [0.5, 0.6) is 0 Å². The number of hydrogen-bond acceptors (Lipinski definition) is 4. The van der Waals surface area contributed by atoms with Crippen molar-refractivity contribution >= 4 is 31.5 Å². The molecule has 0 aliphatic carbocycles. The number of thiophene rings is 1. The van der Waals surface area contributed by atoms with Crippen LogP contribution < -0.4 is 0 Å². The van der Waals surface area contributed by atoms with Crippen molar-refractivity contribution in [1.82, 2.24) is 15.0 Å². The van der Waals surface area contributed by atoms with Gasteiger partial charge in [0.1, 0.15) is 0 Å². The van der Waals surface area contributed by atoms with Crippen LogP contribution in [0.3, 0.4) is 0 Å². The lowest BCUT2D eigenvalue weighted by molar-refractivity contribution is 1.08. The Hall–Kier alpha value is -7.01. The summed E-state index contributed by atoms with van der Waals surface area (Å²) in [4.78, 5) is 15.7. The predicted molar refractivity (Wildman–Crippen MR) is 231 cm³/mol. The molecule has 0 saturated carbocycles. The molecule has 0 aliphatic rings. The molecule has 0 saturated heterocycles. The first kappa shape index (κ1) is 32.6. The average Bonchev–Trinajstić information content (AvgIpc) is 3.66. The molecule has 0 bridgehead atoms. The molecule has 10 aromatic rings. The van der Waals surface area contributed by atoms with Crippen molar-refractivity contribution in [2.24, 2.45) is 0 Å². The average molecular weight is 720 g/mol.